The van der Waals surface area contributed by atoms with Crippen LogP contribution in [0.1, 0.15) is 22.5 Å². The van der Waals surface area contributed by atoms with Crippen LogP contribution in [0.15, 0.2) is 48.8 Å². The molecule has 0 aliphatic carbocycles. The lowest BCUT2D eigenvalue weighted by Gasteiger charge is -2.16. The van der Waals surface area contributed by atoms with E-state index in [1.807, 2.05) is 43.3 Å². The number of nitrogens with zero attached hydrogens (tertiary/aromatic N) is 4. The van der Waals surface area contributed by atoms with Crippen LogP contribution in [0, 0.1) is 6.92 Å². The van der Waals surface area contributed by atoms with Crippen LogP contribution in [-0.2, 0) is 0 Å². The number of aromatic nitrogens is 3. The van der Waals surface area contributed by atoms with Crippen molar-refractivity contribution in [2.45, 2.75) is 19.4 Å². The fraction of sp³-hybridized carbons (Fsp3) is 0.238. The lowest BCUT2D eigenvalue weighted by Crippen LogP contribution is -2.31. The molecular weight excluding hydrogens is 352 g/mol. The van der Waals surface area contributed by atoms with Gasteiger partial charge in [-0.3, -0.25) is 9.78 Å². The van der Waals surface area contributed by atoms with Gasteiger partial charge in [0.25, 0.3) is 5.91 Å². The first-order valence-electron chi connectivity index (χ1n) is 9.22. The molecule has 7 heteroatoms. The topological polar surface area (TPSA) is 111 Å². The van der Waals surface area contributed by atoms with Gasteiger partial charge in [0, 0.05) is 47.7 Å². The van der Waals surface area contributed by atoms with Crippen molar-refractivity contribution in [3.05, 3.63) is 60.0 Å². The van der Waals surface area contributed by atoms with Crippen LogP contribution in [-0.4, -0.2) is 44.9 Å². The lowest BCUT2D eigenvalue weighted by atomic mass is 10.1. The van der Waals surface area contributed by atoms with Gasteiger partial charge in [-0.05, 0) is 37.6 Å². The van der Waals surface area contributed by atoms with E-state index in [0.29, 0.717) is 35.9 Å². The van der Waals surface area contributed by atoms with Gasteiger partial charge in [0.2, 0.25) is 0 Å². The minimum Gasteiger partial charge on any atom is -0.382 e. The zero-order valence-electron chi connectivity index (χ0n) is 15.7. The van der Waals surface area contributed by atoms with Crippen molar-refractivity contribution in [3.63, 3.8) is 0 Å². The second-order valence-corrected chi connectivity index (χ2v) is 7.05. The van der Waals surface area contributed by atoms with Crippen LogP contribution in [0.25, 0.3) is 22.5 Å². The average Bonchev–Trinajstić information content (AvgIpc) is 3.15. The minimum atomic E-state index is 0.00862. The number of aryl methyl sites for hydroxylation is 1. The molecule has 0 radical (unpaired) electrons. The number of benzene rings is 1. The average molecular weight is 374 g/mol. The summed E-state index contributed by atoms with van der Waals surface area (Å²) in [5.74, 6) is 0.362. The fourth-order valence-electron chi connectivity index (χ4n) is 3.30. The number of amides is 1. The first-order chi connectivity index (χ1) is 13.5. The number of hydrogen-bond donors (Lipinski definition) is 2. The molecule has 1 unspecified atom stereocenters. The van der Waals surface area contributed by atoms with E-state index in [2.05, 4.69) is 15.0 Å². The van der Waals surface area contributed by atoms with E-state index in [1.54, 1.807) is 17.3 Å². The molecule has 0 bridgehead atoms. The highest BCUT2D eigenvalue weighted by atomic mass is 16.2. The summed E-state index contributed by atoms with van der Waals surface area (Å²) in [4.78, 5) is 27.6. The first-order valence-corrected chi connectivity index (χ1v) is 9.22. The maximum atomic E-state index is 12.6. The number of rotatable bonds is 3. The highest BCUT2D eigenvalue weighted by Crippen LogP contribution is 2.26. The third-order valence-corrected chi connectivity index (χ3v) is 4.93. The Labute approximate surface area is 163 Å². The van der Waals surface area contributed by atoms with E-state index in [1.165, 1.54) is 0 Å². The molecule has 1 aliphatic rings. The smallest absolute Gasteiger partial charge is 0.253 e. The van der Waals surface area contributed by atoms with Crippen LogP contribution in [0.3, 0.4) is 0 Å². The van der Waals surface area contributed by atoms with E-state index >= 15 is 0 Å². The van der Waals surface area contributed by atoms with E-state index in [0.717, 1.165) is 23.2 Å². The number of pyridine rings is 1. The maximum absolute atomic E-state index is 12.6. The molecule has 1 atom stereocenters. The van der Waals surface area contributed by atoms with Crippen molar-refractivity contribution < 1.29 is 4.79 Å². The largest absolute Gasteiger partial charge is 0.382 e. The lowest BCUT2D eigenvalue weighted by molar-refractivity contribution is 0.0791. The zero-order valence-corrected chi connectivity index (χ0v) is 15.7. The van der Waals surface area contributed by atoms with Gasteiger partial charge >= 0.3 is 0 Å². The van der Waals surface area contributed by atoms with E-state index in [4.69, 9.17) is 11.5 Å². The molecule has 1 aliphatic heterocycles. The summed E-state index contributed by atoms with van der Waals surface area (Å²) in [6.07, 6.45) is 4.22. The Kier molecular flexibility index (Phi) is 4.75. The van der Waals surface area contributed by atoms with Gasteiger partial charge in [-0.1, -0.05) is 12.1 Å². The Morgan fingerprint density at radius 1 is 1.07 bits per heavy atom. The summed E-state index contributed by atoms with van der Waals surface area (Å²) in [6.45, 7) is 3.24. The molecule has 142 valence electrons. The molecule has 1 aromatic carbocycles. The number of nitrogen functional groups attached to an aromatic ring is 1. The van der Waals surface area contributed by atoms with Crippen LogP contribution in [0.4, 0.5) is 5.82 Å². The third-order valence-electron chi connectivity index (χ3n) is 4.93. The highest BCUT2D eigenvalue weighted by Gasteiger charge is 2.24. The summed E-state index contributed by atoms with van der Waals surface area (Å²) < 4.78 is 0. The molecule has 28 heavy (non-hydrogen) atoms. The fourth-order valence-corrected chi connectivity index (χ4v) is 3.30. The Morgan fingerprint density at radius 3 is 2.46 bits per heavy atom. The molecule has 2 aromatic heterocycles. The van der Waals surface area contributed by atoms with Crippen LogP contribution in [0.2, 0.25) is 0 Å². The number of likely N-dealkylation sites (tertiary alicyclic amines) is 1. The SMILES string of the molecule is Cc1ccc(-c2nc(-c3ccc(C(=O)N4CCC(N)C4)cc3)cnc2N)cn1. The number of anilines is 1. The molecule has 3 heterocycles. The monoisotopic (exact) mass is 374 g/mol. The Bertz CT molecular complexity index is 1000. The second kappa shape index (κ2) is 7.36. The Balaban J connectivity index is 1.60. The molecule has 4 rings (SSSR count). The molecule has 1 amide bonds. The van der Waals surface area contributed by atoms with Crippen LogP contribution in [0.5, 0.6) is 0 Å². The van der Waals surface area contributed by atoms with Crippen molar-refractivity contribution in [2.75, 3.05) is 18.8 Å². The van der Waals surface area contributed by atoms with Crippen LogP contribution >= 0.6 is 0 Å². The predicted molar refractivity (Wildman–Crippen MR) is 108 cm³/mol. The van der Waals surface area contributed by atoms with Gasteiger partial charge in [0.1, 0.15) is 11.5 Å². The second-order valence-electron chi connectivity index (χ2n) is 7.05. The van der Waals surface area contributed by atoms with Crippen molar-refractivity contribution in [3.8, 4) is 22.5 Å². The van der Waals surface area contributed by atoms with Crippen LogP contribution < -0.4 is 11.5 Å². The van der Waals surface area contributed by atoms with Gasteiger partial charge in [0.05, 0.1) is 11.9 Å². The zero-order chi connectivity index (χ0) is 19.7. The van der Waals surface area contributed by atoms with Crippen molar-refractivity contribution >= 4 is 11.7 Å². The quantitative estimate of drug-likeness (QED) is 0.727. The molecule has 1 fully saturated rings. The van der Waals surface area contributed by atoms with E-state index in [-0.39, 0.29) is 11.9 Å². The third kappa shape index (κ3) is 3.57. The maximum Gasteiger partial charge on any atom is 0.253 e. The molecule has 7 nitrogen and oxygen atoms in total. The van der Waals surface area contributed by atoms with E-state index in [9.17, 15) is 4.79 Å². The number of carbonyl (C=O) groups is 1. The molecule has 0 saturated carbocycles. The minimum absolute atomic E-state index is 0.00862. The first kappa shape index (κ1) is 18.1. The number of hydrogen-bond acceptors (Lipinski definition) is 6. The number of nitrogens with two attached hydrogens (primary N) is 2. The summed E-state index contributed by atoms with van der Waals surface area (Å²) in [5.41, 5.74) is 16.4. The molecular formula is C21H22N6O. The van der Waals surface area contributed by atoms with E-state index < -0.39 is 0 Å². The molecule has 4 N–H and O–H groups in total. The molecule has 0 spiro atoms. The van der Waals surface area contributed by atoms with Crippen molar-refractivity contribution in [1.82, 2.24) is 19.9 Å². The standard InChI is InChI=1S/C21H22N6O/c1-13-2-3-16(10-24-13)19-20(23)25-11-18(26-19)14-4-6-15(7-5-14)21(28)27-9-8-17(22)12-27/h2-7,10-11,17H,8-9,12,22H2,1H3,(H2,23,25). The van der Waals surface area contributed by atoms with Gasteiger partial charge in [0.15, 0.2) is 0 Å². The highest BCUT2D eigenvalue weighted by molar-refractivity contribution is 5.95. The normalized spacial score (nSPS) is 16.4. The van der Waals surface area contributed by atoms with Gasteiger partial charge in [-0.25, -0.2) is 9.97 Å². The number of carbonyl (C=O) groups excluding carboxylic acids is 1. The van der Waals surface area contributed by atoms with Crippen molar-refractivity contribution in [1.29, 1.82) is 0 Å². The Morgan fingerprint density at radius 2 is 1.82 bits per heavy atom. The van der Waals surface area contributed by atoms with Gasteiger partial charge in [-0.15, -0.1) is 0 Å². The summed E-state index contributed by atoms with van der Waals surface area (Å²) >= 11 is 0. The van der Waals surface area contributed by atoms with Gasteiger partial charge < -0.3 is 16.4 Å². The Hall–Kier alpha value is -3.32. The summed E-state index contributed by atoms with van der Waals surface area (Å²) in [6, 6.07) is 11.3. The predicted octanol–water partition coefficient (Wildman–Crippen LogP) is 2.27. The van der Waals surface area contributed by atoms with Crippen molar-refractivity contribution in [2.24, 2.45) is 5.73 Å². The molecule has 3 aromatic rings. The summed E-state index contributed by atoms with van der Waals surface area (Å²) in [7, 11) is 0. The van der Waals surface area contributed by atoms with Gasteiger partial charge in [-0.2, -0.15) is 0 Å². The summed E-state index contributed by atoms with van der Waals surface area (Å²) in [5, 5.41) is 0. The molecule has 1 saturated heterocycles.